The second-order valence-electron chi connectivity index (χ2n) is 2.77. The van der Waals surface area contributed by atoms with Gasteiger partial charge < -0.3 is 10.8 Å². The molecule has 0 saturated carbocycles. The molecular formula is C8H12BNO. The lowest BCUT2D eigenvalue weighted by Gasteiger charge is -2.06. The van der Waals surface area contributed by atoms with E-state index in [9.17, 15) is 5.11 Å². The van der Waals surface area contributed by atoms with Gasteiger partial charge in [0.1, 0.15) is 13.6 Å². The lowest BCUT2D eigenvalue weighted by molar-refractivity contribution is 0.470. The molecule has 0 radical (unpaired) electrons. The number of phenolic OH excluding ortho intramolecular Hbond substituents is 1. The molecule has 3 heteroatoms. The standard InChI is InChI=1S/C8H12BNO/c1-5-6(4-10)2-7(9)3-8(5)11/h2-3,11H,4,9-10H2,1H3. The Kier molecular flexibility index (Phi) is 2.20. The number of rotatable bonds is 1. The lowest BCUT2D eigenvalue weighted by atomic mass is 9.91. The van der Waals surface area contributed by atoms with Gasteiger partial charge >= 0.3 is 0 Å². The van der Waals surface area contributed by atoms with E-state index < -0.39 is 0 Å². The van der Waals surface area contributed by atoms with Crippen molar-refractivity contribution in [3.63, 3.8) is 0 Å². The van der Waals surface area contributed by atoms with Gasteiger partial charge in [0.25, 0.3) is 0 Å². The summed E-state index contributed by atoms with van der Waals surface area (Å²) in [5.74, 6) is 0.338. The highest BCUT2D eigenvalue weighted by molar-refractivity contribution is 6.32. The maximum Gasteiger partial charge on any atom is 0.139 e. The Labute approximate surface area is 67.4 Å². The van der Waals surface area contributed by atoms with E-state index in [1.54, 1.807) is 6.07 Å². The normalized spacial score (nSPS) is 10.0. The molecule has 1 aromatic rings. The van der Waals surface area contributed by atoms with E-state index in [1.165, 1.54) is 0 Å². The molecule has 0 aliphatic carbocycles. The molecule has 0 saturated heterocycles. The minimum atomic E-state index is 0.338. The van der Waals surface area contributed by atoms with Crippen molar-refractivity contribution in [2.75, 3.05) is 0 Å². The van der Waals surface area contributed by atoms with Crippen molar-refractivity contribution in [3.05, 3.63) is 23.3 Å². The van der Waals surface area contributed by atoms with E-state index >= 15 is 0 Å². The second kappa shape index (κ2) is 2.97. The van der Waals surface area contributed by atoms with Crippen LogP contribution in [0.15, 0.2) is 12.1 Å². The number of nitrogens with two attached hydrogens (primary N) is 1. The molecule has 0 aliphatic heterocycles. The molecule has 1 rings (SSSR count). The summed E-state index contributed by atoms with van der Waals surface area (Å²) in [6.07, 6.45) is 0. The zero-order valence-corrected chi connectivity index (χ0v) is 6.89. The number of hydrogen-bond acceptors (Lipinski definition) is 2. The van der Waals surface area contributed by atoms with Gasteiger partial charge in [0.05, 0.1) is 0 Å². The topological polar surface area (TPSA) is 46.2 Å². The van der Waals surface area contributed by atoms with Crippen LogP contribution >= 0.6 is 0 Å². The third kappa shape index (κ3) is 1.55. The van der Waals surface area contributed by atoms with Gasteiger partial charge in [-0.2, -0.15) is 0 Å². The molecule has 0 aliphatic rings. The van der Waals surface area contributed by atoms with Crippen LogP contribution in [0.4, 0.5) is 0 Å². The van der Waals surface area contributed by atoms with Crippen LogP contribution in [0.5, 0.6) is 5.75 Å². The Morgan fingerprint density at radius 1 is 1.55 bits per heavy atom. The Hall–Kier alpha value is -0.955. The zero-order chi connectivity index (χ0) is 8.43. The molecule has 0 heterocycles. The van der Waals surface area contributed by atoms with Gasteiger partial charge in [-0.05, 0) is 24.1 Å². The van der Waals surface area contributed by atoms with Gasteiger partial charge in [-0.25, -0.2) is 0 Å². The van der Waals surface area contributed by atoms with Crippen molar-refractivity contribution in [1.82, 2.24) is 0 Å². The molecular weight excluding hydrogens is 137 g/mol. The summed E-state index contributed by atoms with van der Waals surface area (Å²) in [6, 6.07) is 3.74. The van der Waals surface area contributed by atoms with Gasteiger partial charge in [-0.15, -0.1) is 0 Å². The van der Waals surface area contributed by atoms with Gasteiger partial charge in [0.2, 0.25) is 0 Å². The van der Waals surface area contributed by atoms with Crippen molar-refractivity contribution < 1.29 is 5.11 Å². The fraction of sp³-hybridized carbons (Fsp3) is 0.250. The number of hydrogen-bond donors (Lipinski definition) is 2. The van der Waals surface area contributed by atoms with Gasteiger partial charge in [-0.3, -0.25) is 0 Å². The molecule has 3 N–H and O–H groups in total. The Balaban J connectivity index is 3.24. The van der Waals surface area contributed by atoms with Crippen molar-refractivity contribution >= 4 is 13.3 Å². The predicted molar refractivity (Wildman–Crippen MR) is 48.9 cm³/mol. The first-order chi connectivity index (χ1) is 5.15. The molecule has 58 valence electrons. The molecule has 11 heavy (non-hydrogen) atoms. The summed E-state index contributed by atoms with van der Waals surface area (Å²) in [7, 11) is 1.94. The molecule has 2 nitrogen and oxygen atoms in total. The van der Waals surface area contributed by atoms with Crippen LogP contribution < -0.4 is 11.2 Å². The minimum Gasteiger partial charge on any atom is -0.508 e. The van der Waals surface area contributed by atoms with E-state index in [0.29, 0.717) is 12.3 Å². The lowest BCUT2D eigenvalue weighted by Crippen LogP contribution is -2.08. The quantitative estimate of drug-likeness (QED) is 0.524. The first-order valence-electron chi connectivity index (χ1n) is 3.64. The third-order valence-corrected chi connectivity index (χ3v) is 1.85. The SMILES string of the molecule is Bc1cc(O)c(C)c(CN)c1. The second-order valence-corrected chi connectivity index (χ2v) is 2.77. The maximum absolute atomic E-state index is 9.36. The van der Waals surface area contributed by atoms with Crippen molar-refractivity contribution in [2.24, 2.45) is 5.73 Å². The number of aromatic hydroxyl groups is 1. The van der Waals surface area contributed by atoms with E-state index in [0.717, 1.165) is 16.6 Å². The monoisotopic (exact) mass is 149 g/mol. The fourth-order valence-corrected chi connectivity index (χ4v) is 1.13. The van der Waals surface area contributed by atoms with E-state index in [1.807, 2.05) is 20.8 Å². The van der Waals surface area contributed by atoms with Crippen LogP contribution in [0, 0.1) is 6.92 Å². The number of phenols is 1. The average molecular weight is 149 g/mol. The predicted octanol–water partition coefficient (Wildman–Crippen LogP) is -0.582. The molecule has 0 atom stereocenters. The highest BCUT2D eigenvalue weighted by atomic mass is 16.3. The minimum absolute atomic E-state index is 0.338. The molecule has 0 spiro atoms. The van der Waals surface area contributed by atoms with Crippen molar-refractivity contribution in [3.8, 4) is 5.75 Å². The van der Waals surface area contributed by atoms with Gasteiger partial charge in [0, 0.05) is 6.54 Å². The first kappa shape index (κ1) is 8.14. The van der Waals surface area contributed by atoms with Crippen LogP contribution in [0.3, 0.4) is 0 Å². The number of benzene rings is 1. The van der Waals surface area contributed by atoms with E-state index in [2.05, 4.69) is 0 Å². The van der Waals surface area contributed by atoms with E-state index in [-0.39, 0.29) is 0 Å². The summed E-state index contributed by atoms with van der Waals surface area (Å²) in [5.41, 5.74) is 8.43. The summed E-state index contributed by atoms with van der Waals surface area (Å²) in [5, 5.41) is 9.36. The first-order valence-corrected chi connectivity index (χ1v) is 3.64. The van der Waals surface area contributed by atoms with Crippen LogP contribution in [-0.4, -0.2) is 13.0 Å². The summed E-state index contributed by atoms with van der Waals surface area (Å²) >= 11 is 0. The fourth-order valence-electron chi connectivity index (χ4n) is 1.13. The molecule has 0 amide bonds. The summed E-state index contributed by atoms with van der Waals surface area (Å²) in [6.45, 7) is 2.36. The molecule has 0 bridgehead atoms. The summed E-state index contributed by atoms with van der Waals surface area (Å²) in [4.78, 5) is 0. The van der Waals surface area contributed by atoms with Crippen molar-refractivity contribution in [2.45, 2.75) is 13.5 Å². The highest BCUT2D eigenvalue weighted by Gasteiger charge is 2.01. The van der Waals surface area contributed by atoms with Crippen molar-refractivity contribution in [1.29, 1.82) is 0 Å². The highest BCUT2D eigenvalue weighted by Crippen LogP contribution is 2.17. The average Bonchev–Trinajstić information content (AvgIpc) is 1.96. The molecule has 0 fully saturated rings. The Morgan fingerprint density at radius 2 is 2.18 bits per heavy atom. The van der Waals surface area contributed by atoms with Crippen LogP contribution in [-0.2, 0) is 6.54 Å². The molecule has 1 aromatic carbocycles. The summed E-state index contributed by atoms with van der Waals surface area (Å²) < 4.78 is 0. The molecule has 0 unspecified atom stereocenters. The maximum atomic E-state index is 9.36. The Morgan fingerprint density at radius 3 is 2.73 bits per heavy atom. The zero-order valence-electron chi connectivity index (χ0n) is 6.89. The van der Waals surface area contributed by atoms with Crippen LogP contribution in [0.25, 0.3) is 0 Å². The van der Waals surface area contributed by atoms with Crippen LogP contribution in [0.2, 0.25) is 0 Å². The van der Waals surface area contributed by atoms with Gasteiger partial charge in [-0.1, -0.05) is 11.5 Å². The van der Waals surface area contributed by atoms with Crippen LogP contribution in [0.1, 0.15) is 11.1 Å². The third-order valence-electron chi connectivity index (χ3n) is 1.85. The smallest absolute Gasteiger partial charge is 0.139 e. The largest absolute Gasteiger partial charge is 0.508 e. The van der Waals surface area contributed by atoms with E-state index in [4.69, 9.17) is 5.73 Å². The Bertz CT molecular complexity index is 273. The molecule has 0 aromatic heterocycles. The van der Waals surface area contributed by atoms with Gasteiger partial charge in [0.15, 0.2) is 0 Å².